The van der Waals surface area contributed by atoms with E-state index in [4.69, 9.17) is 9.47 Å². The van der Waals surface area contributed by atoms with Crippen LogP contribution in [-0.4, -0.2) is 40.2 Å². The van der Waals surface area contributed by atoms with Crippen molar-refractivity contribution in [3.8, 4) is 11.5 Å². The van der Waals surface area contributed by atoms with Crippen molar-refractivity contribution in [1.29, 1.82) is 0 Å². The van der Waals surface area contributed by atoms with Gasteiger partial charge < -0.3 is 9.47 Å². The molecule has 136 valence electrons. The summed E-state index contributed by atoms with van der Waals surface area (Å²) in [7, 11) is 3.03. The minimum absolute atomic E-state index is 0.0244. The predicted molar refractivity (Wildman–Crippen MR) is 86.5 cm³/mol. The van der Waals surface area contributed by atoms with E-state index >= 15 is 0 Å². The summed E-state index contributed by atoms with van der Waals surface area (Å²) in [4.78, 5) is 0. The van der Waals surface area contributed by atoms with Crippen molar-refractivity contribution in [2.24, 2.45) is 5.10 Å². The topological polar surface area (TPSA) is 85.9 Å². The van der Waals surface area contributed by atoms with Gasteiger partial charge in [0.25, 0.3) is 5.82 Å². The number of anilines is 1. The molecule has 0 saturated carbocycles. The first kappa shape index (κ1) is 17.5. The molecular formula is C15H13F3N6O2. The third kappa shape index (κ3) is 3.50. The lowest BCUT2D eigenvalue weighted by atomic mass is 10.2. The second kappa shape index (κ2) is 6.86. The van der Waals surface area contributed by atoms with Crippen LogP contribution in [0.1, 0.15) is 11.4 Å². The van der Waals surface area contributed by atoms with E-state index in [1.807, 2.05) is 0 Å². The molecule has 0 bridgehead atoms. The van der Waals surface area contributed by atoms with Gasteiger partial charge in [-0.15, -0.1) is 15.3 Å². The number of rotatable bonds is 5. The number of fused-ring (bicyclic) bond motifs is 1. The third-order valence-electron chi connectivity index (χ3n) is 3.34. The highest BCUT2D eigenvalue weighted by molar-refractivity contribution is 5.84. The van der Waals surface area contributed by atoms with E-state index in [9.17, 15) is 13.2 Å². The van der Waals surface area contributed by atoms with Gasteiger partial charge in [-0.1, -0.05) is 0 Å². The number of hydrazone groups is 1. The first-order valence-corrected chi connectivity index (χ1v) is 7.23. The highest BCUT2D eigenvalue weighted by Crippen LogP contribution is 2.27. The Morgan fingerprint density at radius 3 is 2.62 bits per heavy atom. The number of aromatic nitrogens is 4. The van der Waals surface area contributed by atoms with Gasteiger partial charge in [-0.3, -0.25) is 5.43 Å². The van der Waals surface area contributed by atoms with E-state index in [2.05, 4.69) is 25.8 Å². The average Bonchev–Trinajstić information content (AvgIpc) is 3.05. The van der Waals surface area contributed by atoms with Crippen LogP contribution in [0, 0.1) is 0 Å². The van der Waals surface area contributed by atoms with Gasteiger partial charge >= 0.3 is 6.18 Å². The van der Waals surface area contributed by atoms with Crippen LogP contribution in [0.25, 0.3) is 5.65 Å². The van der Waals surface area contributed by atoms with Crippen LogP contribution < -0.4 is 14.9 Å². The molecule has 2 aromatic heterocycles. The molecule has 0 radical (unpaired) electrons. The molecule has 8 nitrogen and oxygen atoms in total. The smallest absolute Gasteiger partial charge is 0.453 e. The number of nitrogens with one attached hydrogen (secondary N) is 1. The Hall–Kier alpha value is -3.37. The standard InChI is InChI=1S/C15H13F3N6O2/c1-25-10-4-3-9(11(7-10)26-2)8-19-20-12-5-6-13-21-22-14(15(16,17)18)24(13)23-12/h3-8H,1-2H3,(H,20,23)/b19-8-. The summed E-state index contributed by atoms with van der Waals surface area (Å²) in [6.45, 7) is 0. The van der Waals surface area contributed by atoms with Crippen LogP contribution in [0.15, 0.2) is 35.4 Å². The Labute approximate surface area is 145 Å². The maximum absolute atomic E-state index is 12.9. The first-order valence-electron chi connectivity index (χ1n) is 7.23. The Morgan fingerprint density at radius 1 is 1.12 bits per heavy atom. The Balaban J connectivity index is 1.82. The predicted octanol–water partition coefficient (Wildman–Crippen LogP) is 2.61. The van der Waals surface area contributed by atoms with Gasteiger partial charge in [0.15, 0.2) is 11.5 Å². The first-order chi connectivity index (χ1) is 12.4. The van der Waals surface area contributed by atoms with Crippen molar-refractivity contribution in [2.45, 2.75) is 6.18 Å². The number of alkyl halides is 3. The SMILES string of the molecule is COc1ccc(/C=N\Nc2ccc3nnc(C(F)(F)F)n3n2)c(OC)c1. The fourth-order valence-electron chi connectivity index (χ4n) is 2.12. The van der Waals surface area contributed by atoms with E-state index in [-0.39, 0.29) is 11.5 Å². The zero-order valence-electron chi connectivity index (χ0n) is 13.7. The van der Waals surface area contributed by atoms with E-state index in [0.717, 1.165) is 0 Å². The van der Waals surface area contributed by atoms with Gasteiger partial charge in [-0.25, -0.2) is 0 Å². The molecule has 0 saturated heterocycles. The fourth-order valence-corrected chi connectivity index (χ4v) is 2.12. The molecule has 0 fully saturated rings. The quantitative estimate of drug-likeness (QED) is 0.552. The van der Waals surface area contributed by atoms with Crippen LogP contribution in [-0.2, 0) is 6.18 Å². The lowest BCUT2D eigenvalue weighted by molar-refractivity contribution is -0.146. The molecule has 0 atom stereocenters. The highest BCUT2D eigenvalue weighted by atomic mass is 19.4. The second-order valence-corrected chi connectivity index (χ2v) is 4.99. The highest BCUT2D eigenvalue weighted by Gasteiger charge is 2.37. The average molecular weight is 366 g/mol. The molecule has 3 aromatic rings. The molecule has 2 heterocycles. The summed E-state index contributed by atoms with van der Waals surface area (Å²) in [5.41, 5.74) is 3.18. The van der Waals surface area contributed by atoms with Gasteiger partial charge in [0.2, 0.25) is 0 Å². The molecule has 0 aliphatic carbocycles. The summed E-state index contributed by atoms with van der Waals surface area (Å²) >= 11 is 0. The Kier molecular flexibility index (Phi) is 4.61. The Bertz CT molecular complexity index is 954. The van der Waals surface area contributed by atoms with Crippen LogP contribution in [0.3, 0.4) is 0 Å². The van der Waals surface area contributed by atoms with Crippen molar-refractivity contribution in [2.75, 3.05) is 19.6 Å². The number of halogens is 3. The van der Waals surface area contributed by atoms with Crippen molar-refractivity contribution < 1.29 is 22.6 Å². The van der Waals surface area contributed by atoms with Crippen molar-refractivity contribution in [1.82, 2.24) is 19.8 Å². The normalized spacial score (nSPS) is 11.9. The van der Waals surface area contributed by atoms with Crippen molar-refractivity contribution in [3.05, 3.63) is 41.7 Å². The molecule has 1 N–H and O–H groups in total. The largest absolute Gasteiger partial charge is 0.497 e. The summed E-state index contributed by atoms with van der Waals surface area (Å²) in [5, 5.41) is 14.3. The number of hydrogen-bond donors (Lipinski definition) is 1. The van der Waals surface area contributed by atoms with Gasteiger partial charge in [-0.2, -0.15) is 22.8 Å². The lowest BCUT2D eigenvalue weighted by Crippen LogP contribution is -2.13. The molecule has 0 aliphatic rings. The zero-order chi connectivity index (χ0) is 18.7. The monoisotopic (exact) mass is 366 g/mol. The molecule has 11 heteroatoms. The van der Waals surface area contributed by atoms with Gasteiger partial charge in [0, 0.05) is 11.6 Å². The molecule has 0 spiro atoms. The number of hydrogen-bond acceptors (Lipinski definition) is 7. The maximum Gasteiger partial charge on any atom is 0.453 e. The minimum atomic E-state index is -4.66. The number of methoxy groups -OCH3 is 2. The van der Waals surface area contributed by atoms with Gasteiger partial charge in [-0.05, 0) is 24.3 Å². The molecule has 1 aromatic carbocycles. The van der Waals surface area contributed by atoms with Gasteiger partial charge in [0.05, 0.1) is 20.4 Å². The van der Waals surface area contributed by atoms with E-state index < -0.39 is 12.0 Å². The molecule has 0 amide bonds. The van der Waals surface area contributed by atoms with Crippen LogP contribution in [0.5, 0.6) is 11.5 Å². The summed E-state index contributed by atoms with van der Waals surface area (Å²) in [6.07, 6.45) is -3.22. The summed E-state index contributed by atoms with van der Waals surface area (Å²) in [6, 6.07) is 7.91. The van der Waals surface area contributed by atoms with Crippen LogP contribution in [0.4, 0.5) is 19.0 Å². The summed E-state index contributed by atoms with van der Waals surface area (Å²) < 4.78 is 49.5. The molecular weight excluding hydrogens is 353 g/mol. The number of benzene rings is 1. The third-order valence-corrected chi connectivity index (χ3v) is 3.34. The van der Waals surface area contributed by atoms with Crippen molar-refractivity contribution in [3.63, 3.8) is 0 Å². The fraction of sp³-hybridized carbons (Fsp3) is 0.200. The maximum atomic E-state index is 12.9. The van der Waals surface area contributed by atoms with Gasteiger partial charge in [0.1, 0.15) is 11.5 Å². The lowest BCUT2D eigenvalue weighted by Gasteiger charge is -2.07. The van der Waals surface area contributed by atoms with Crippen molar-refractivity contribution >= 4 is 17.7 Å². The zero-order valence-corrected chi connectivity index (χ0v) is 13.7. The second-order valence-electron chi connectivity index (χ2n) is 4.99. The Morgan fingerprint density at radius 2 is 1.92 bits per heavy atom. The van der Waals surface area contributed by atoms with Crippen LogP contribution in [0.2, 0.25) is 0 Å². The van der Waals surface area contributed by atoms with E-state index in [1.165, 1.54) is 32.6 Å². The number of ether oxygens (including phenoxy) is 2. The van der Waals surface area contributed by atoms with E-state index in [1.54, 1.807) is 18.2 Å². The van der Waals surface area contributed by atoms with E-state index in [0.29, 0.717) is 21.6 Å². The number of nitrogens with zero attached hydrogens (tertiary/aromatic N) is 5. The summed E-state index contributed by atoms with van der Waals surface area (Å²) in [5.74, 6) is 0.0197. The molecule has 3 rings (SSSR count). The molecule has 0 aliphatic heterocycles. The molecule has 26 heavy (non-hydrogen) atoms. The molecule has 0 unspecified atom stereocenters. The van der Waals surface area contributed by atoms with Crippen LogP contribution >= 0.6 is 0 Å². The minimum Gasteiger partial charge on any atom is -0.497 e.